The van der Waals surface area contributed by atoms with Crippen LogP contribution in [0.4, 0.5) is 0 Å². The van der Waals surface area contributed by atoms with Gasteiger partial charge >= 0.3 is 5.97 Å². The zero-order valence-corrected chi connectivity index (χ0v) is 21.4. The zero-order valence-electron chi connectivity index (χ0n) is 18.0. The fourth-order valence-electron chi connectivity index (χ4n) is 2.54. The number of carbonyl (C=O) groups is 1. The number of esters is 1. The van der Waals surface area contributed by atoms with E-state index in [2.05, 4.69) is 35.6 Å². The van der Waals surface area contributed by atoms with Crippen molar-refractivity contribution in [1.82, 2.24) is 0 Å². The van der Waals surface area contributed by atoms with Gasteiger partial charge in [-0.3, -0.25) is 0 Å². The number of benzene rings is 2. The molecular formula is C22H28BrClO5Si. The number of hydrogen-bond acceptors (Lipinski definition) is 5. The Morgan fingerprint density at radius 3 is 2.53 bits per heavy atom. The molecule has 0 aliphatic carbocycles. The summed E-state index contributed by atoms with van der Waals surface area (Å²) in [6, 6.07) is 10.0. The van der Waals surface area contributed by atoms with Gasteiger partial charge in [0.15, 0.2) is 6.79 Å². The van der Waals surface area contributed by atoms with Gasteiger partial charge < -0.3 is 18.9 Å². The van der Waals surface area contributed by atoms with E-state index in [1.807, 2.05) is 25.1 Å². The third-order valence-corrected chi connectivity index (χ3v) is 7.36. The third-order valence-electron chi connectivity index (χ3n) is 4.45. The molecule has 0 amide bonds. The van der Waals surface area contributed by atoms with Crippen LogP contribution in [0.5, 0.6) is 11.5 Å². The molecule has 0 aliphatic rings. The normalized spacial score (nSPS) is 11.3. The number of methoxy groups -OCH3 is 1. The molecule has 5 nitrogen and oxygen atoms in total. The predicted molar refractivity (Wildman–Crippen MR) is 126 cm³/mol. The Bertz CT molecular complexity index is 883. The lowest BCUT2D eigenvalue weighted by molar-refractivity contribution is 0.0206. The standard InChI is InChI=1S/C22H28BrClO5Si/c1-15-18(23)7-6-8-20(15)28-13-16-11-21(17(12-19(16)24)22(25)26-2)29-14-27-9-10-30(3,4)5/h6-8,11-12H,9-10,13-14H2,1-5H3. The first-order valence-corrected chi connectivity index (χ1v) is 14.5. The van der Waals surface area contributed by atoms with Crippen molar-refractivity contribution in [2.24, 2.45) is 0 Å². The van der Waals surface area contributed by atoms with E-state index < -0.39 is 14.0 Å². The zero-order chi connectivity index (χ0) is 22.3. The molecule has 30 heavy (non-hydrogen) atoms. The van der Waals surface area contributed by atoms with Gasteiger partial charge in [0.2, 0.25) is 0 Å². The highest BCUT2D eigenvalue weighted by Gasteiger charge is 2.18. The van der Waals surface area contributed by atoms with Gasteiger partial charge in [0.05, 0.1) is 7.11 Å². The van der Waals surface area contributed by atoms with Gasteiger partial charge in [0, 0.05) is 35.3 Å². The van der Waals surface area contributed by atoms with E-state index >= 15 is 0 Å². The molecule has 164 valence electrons. The highest BCUT2D eigenvalue weighted by atomic mass is 79.9. The Morgan fingerprint density at radius 2 is 1.87 bits per heavy atom. The van der Waals surface area contributed by atoms with Crippen molar-refractivity contribution < 1.29 is 23.7 Å². The van der Waals surface area contributed by atoms with E-state index in [4.69, 9.17) is 30.5 Å². The SMILES string of the molecule is COC(=O)c1cc(Cl)c(COc2cccc(Br)c2C)cc1OCOCC[Si](C)(C)C. The summed E-state index contributed by atoms with van der Waals surface area (Å²) >= 11 is 9.89. The van der Waals surface area contributed by atoms with Crippen molar-refractivity contribution in [2.45, 2.75) is 39.2 Å². The number of carbonyl (C=O) groups excluding carboxylic acids is 1. The molecule has 0 saturated heterocycles. The lowest BCUT2D eigenvalue weighted by atomic mass is 10.1. The van der Waals surface area contributed by atoms with E-state index in [9.17, 15) is 4.79 Å². The van der Waals surface area contributed by atoms with Crippen molar-refractivity contribution in [3.05, 3.63) is 56.5 Å². The summed E-state index contributed by atoms with van der Waals surface area (Å²) in [5.41, 5.74) is 1.94. The summed E-state index contributed by atoms with van der Waals surface area (Å²) in [4.78, 5) is 12.1. The van der Waals surface area contributed by atoms with E-state index in [1.54, 1.807) is 6.07 Å². The number of rotatable bonds is 10. The molecule has 0 N–H and O–H groups in total. The summed E-state index contributed by atoms with van der Waals surface area (Å²) < 4.78 is 23.1. The van der Waals surface area contributed by atoms with Crippen LogP contribution in [-0.4, -0.2) is 34.6 Å². The van der Waals surface area contributed by atoms with E-state index in [0.717, 1.165) is 21.8 Å². The molecular weight excluding hydrogens is 488 g/mol. The average molecular weight is 516 g/mol. The fraction of sp³-hybridized carbons (Fsp3) is 0.409. The summed E-state index contributed by atoms with van der Waals surface area (Å²) in [7, 11) is 0.136. The molecule has 0 bridgehead atoms. The summed E-state index contributed by atoms with van der Waals surface area (Å²) in [6.45, 7) is 9.70. The summed E-state index contributed by atoms with van der Waals surface area (Å²) in [5, 5.41) is 0.398. The molecule has 0 aromatic heterocycles. The van der Waals surface area contributed by atoms with Crippen molar-refractivity contribution in [3.8, 4) is 11.5 Å². The van der Waals surface area contributed by atoms with Crippen LogP contribution in [0.25, 0.3) is 0 Å². The summed E-state index contributed by atoms with van der Waals surface area (Å²) in [5.74, 6) is 0.572. The first-order valence-electron chi connectivity index (χ1n) is 9.61. The predicted octanol–water partition coefficient (Wildman–Crippen LogP) is 6.47. The first-order chi connectivity index (χ1) is 14.1. The molecule has 0 spiro atoms. The van der Waals surface area contributed by atoms with Crippen LogP contribution in [0.2, 0.25) is 30.7 Å². The Morgan fingerprint density at radius 1 is 1.13 bits per heavy atom. The molecule has 0 atom stereocenters. The molecule has 0 fully saturated rings. The quantitative estimate of drug-likeness (QED) is 0.157. The summed E-state index contributed by atoms with van der Waals surface area (Å²) in [6.07, 6.45) is 0. The van der Waals surface area contributed by atoms with E-state index in [0.29, 0.717) is 22.9 Å². The monoisotopic (exact) mass is 514 g/mol. The van der Waals surface area contributed by atoms with Crippen LogP contribution in [0.1, 0.15) is 21.5 Å². The minimum absolute atomic E-state index is 0.0428. The van der Waals surface area contributed by atoms with Crippen molar-refractivity contribution in [3.63, 3.8) is 0 Å². The largest absolute Gasteiger partial charge is 0.489 e. The first kappa shape index (κ1) is 24.7. The fourth-order valence-corrected chi connectivity index (χ4v) is 3.86. The van der Waals surface area contributed by atoms with Crippen LogP contribution in [0.15, 0.2) is 34.8 Å². The van der Waals surface area contributed by atoms with Crippen LogP contribution in [-0.2, 0) is 16.1 Å². The van der Waals surface area contributed by atoms with Crippen molar-refractivity contribution >= 4 is 41.6 Å². The Labute approximate surface area is 192 Å². The minimum atomic E-state index is -1.18. The van der Waals surface area contributed by atoms with Gasteiger partial charge in [-0.05, 0) is 37.2 Å². The third kappa shape index (κ3) is 7.30. The molecule has 0 unspecified atom stereocenters. The van der Waals surface area contributed by atoms with Crippen LogP contribution < -0.4 is 9.47 Å². The molecule has 0 aliphatic heterocycles. The van der Waals surface area contributed by atoms with Gasteiger partial charge in [0.1, 0.15) is 23.7 Å². The lowest BCUT2D eigenvalue weighted by Gasteiger charge is -2.17. The van der Waals surface area contributed by atoms with Gasteiger partial charge in [-0.15, -0.1) is 0 Å². The maximum atomic E-state index is 12.1. The second-order valence-electron chi connectivity index (χ2n) is 8.06. The van der Waals surface area contributed by atoms with E-state index in [-0.39, 0.29) is 19.0 Å². The van der Waals surface area contributed by atoms with Gasteiger partial charge in [-0.25, -0.2) is 4.79 Å². The molecule has 0 heterocycles. The Kier molecular flexibility index (Phi) is 9.22. The van der Waals surface area contributed by atoms with Gasteiger partial charge in [-0.2, -0.15) is 0 Å². The Balaban J connectivity index is 2.13. The average Bonchev–Trinajstić information content (AvgIpc) is 2.68. The van der Waals surface area contributed by atoms with E-state index in [1.165, 1.54) is 13.2 Å². The number of ether oxygens (including phenoxy) is 4. The molecule has 2 aromatic rings. The van der Waals surface area contributed by atoms with Crippen molar-refractivity contribution in [2.75, 3.05) is 20.5 Å². The number of halogens is 2. The number of hydrogen-bond donors (Lipinski definition) is 0. The second kappa shape index (κ2) is 11.2. The second-order valence-corrected chi connectivity index (χ2v) is 14.9. The van der Waals surface area contributed by atoms with Crippen LogP contribution in [0.3, 0.4) is 0 Å². The topological polar surface area (TPSA) is 54.0 Å². The molecule has 2 aromatic carbocycles. The molecule has 8 heteroatoms. The molecule has 0 radical (unpaired) electrons. The molecule has 0 saturated carbocycles. The molecule has 2 rings (SSSR count). The van der Waals surface area contributed by atoms with Crippen LogP contribution >= 0.6 is 27.5 Å². The lowest BCUT2D eigenvalue weighted by Crippen LogP contribution is -2.22. The highest BCUT2D eigenvalue weighted by Crippen LogP contribution is 2.31. The van der Waals surface area contributed by atoms with Crippen molar-refractivity contribution in [1.29, 1.82) is 0 Å². The van der Waals surface area contributed by atoms with Gasteiger partial charge in [0.25, 0.3) is 0 Å². The van der Waals surface area contributed by atoms with Crippen LogP contribution in [0, 0.1) is 6.92 Å². The minimum Gasteiger partial charge on any atom is -0.489 e. The Hall–Kier alpha value is -1.54. The maximum Gasteiger partial charge on any atom is 0.341 e. The highest BCUT2D eigenvalue weighted by molar-refractivity contribution is 9.10. The smallest absolute Gasteiger partial charge is 0.341 e. The van der Waals surface area contributed by atoms with Gasteiger partial charge in [-0.1, -0.05) is 53.2 Å². The maximum absolute atomic E-state index is 12.1.